The number of nitro groups is 1. The zero-order chi connectivity index (χ0) is 13.3. The van der Waals surface area contributed by atoms with Crippen LogP contribution in [0.5, 0.6) is 0 Å². The van der Waals surface area contributed by atoms with Gasteiger partial charge in [-0.2, -0.15) is 4.31 Å². The van der Waals surface area contributed by atoms with E-state index < -0.39 is 14.9 Å². The van der Waals surface area contributed by atoms with Gasteiger partial charge in [-0.1, -0.05) is 0 Å². The Labute approximate surface area is 104 Å². The van der Waals surface area contributed by atoms with E-state index in [-0.39, 0.29) is 23.3 Å². The molecule has 0 saturated carbocycles. The third-order valence-electron chi connectivity index (χ3n) is 2.73. The fraction of sp³-hybridized carbons (Fsp3) is 0.444. The van der Waals surface area contributed by atoms with Crippen molar-refractivity contribution in [3.05, 3.63) is 28.4 Å². The van der Waals surface area contributed by atoms with Gasteiger partial charge in [0.25, 0.3) is 0 Å². The third-order valence-corrected chi connectivity index (χ3v) is 4.58. The molecule has 0 amide bonds. The minimum atomic E-state index is -3.65. The van der Waals surface area contributed by atoms with Gasteiger partial charge in [0.2, 0.25) is 10.0 Å². The summed E-state index contributed by atoms with van der Waals surface area (Å²) < 4.78 is 25.5. The summed E-state index contributed by atoms with van der Waals surface area (Å²) in [5.74, 6) is -0.382. The lowest BCUT2D eigenvalue weighted by molar-refractivity contribution is -0.389. The van der Waals surface area contributed by atoms with Crippen LogP contribution in [0, 0.1) is 10.1 Å². The molecule has 9 heteroatoms. The summed E-state index contributed by atoms with van der Waals surface area (Å²) in [6.07, 6.45) is 1.61. The Morgan fingerprint density at radius 1 is 1.50 bits per heavy atom. The van der Waals surface area contributed by atoms with Crippen LogP contribution in [0.3, 0.4) is 0 Å². The predicted molar refractivity (Wildman–Crippen MR) is 62.2 cm³/mol. The van der Waals surface area contributed by atoms with Crippen LogP contribution in [-0.2, 0) is 10.0 Å². The Balaban J connectivity index is 2.27. The largest absolute Gasteiger partial charge is 0.363 e. The number of nitrogens with zero attached hydrogens (tertiary/aromatic N) is 3. The number of sulfonamides is 1. The van der Waals surface area contributed by atoms with Crippen LogP contribution in [0.25, 0.3) is 0 Å². The molecule has 2 heterocycles. The lowest BCUT2D eigenvalue weighted by atomic mass is 10.3. The van der Waals surface area contributed by atoms with Gasteiger partial charge in [-0.25, -0.2) is 8.42 Å². The van der Waals surface area contributed by atoms with Gasteiger partial charge in [-0.05, 0) is 22.4 Å². The number of nitrogens with two attached hydrogens (primary N) is 1. The van der Waals surface area contributed by atoms with Crippen molar-refractivity contribution in [1.29, 1.82) is 0 Å². The summed E-state index contributed by atoms with van der Waals surface area (Å²) >= 11 is 0. The average Bonchev–Trinajstić information content (AvgIpc) is 2.76. The van der Waals surface area contributed by atoms with Crippen LogP contribution < -0.4 is 5.73 Å². The monoisotopic (exact) mass is 272 g/mol. The lowest BCUT2D eigenvalue weighted by Crippen LogP contribution is -2.32. The summed E-state index contributed by atoms with van der Waals surface area (Å²) in [6.45, 7) is 0.625. The van der Waals surface area contributed by atoms with Crippen molar-refractivity contribution in [3.63, 3.8) is 0 Å². The molecule has 0 aliphatic carbocycles. The Hall–Kier alpha value is -1.58. The molecule has 0 spiro atoms. The van der Waals surface area contributed by atoms with Crippen LogP contribution in [0.4, 0.5) is 5.82 Å². The van der Waals surface area contributed by atoms with E-state index in [0.29, 0.717) is 13.0 Å². The normalized spacial score (nSPS) is 21.1. The number of rotatable bonds is 3. The molecule has 0 aromatic carbocycles. The van der Waals surface area contributed by atoms with Crippen molar-refractivity contribution in [2.24, 2.45) is 5.73 Å². The Bertz CT molecular complexity index is 556. The molecular formula is C9H12N4O4S. The van der Waals surface area contributed by atoms with Gasteiger partial charge in [-0.3, -0.25) is 0 Å². The summed E-state index contributed by atoms with van der Waals surface area (Å²) in [6, 6.07) is 2.10. The average molecular weight is 272 g/mol. The Morgan fingerprint density at radius 3 is 2.67 bits per heavy atom. The number of aromatic nitrogens is 1. The fourth-order valence-corrected chi connectivity index (χ4v) is 3.21. The Morgan fingerprint density at radius 2 is 2.22 bits per heavy atom. The molecule has 1 atom stereocenters. The second-order valence-corrected chi connectivity index (χ2v) is 5.96. The van der Waals surface area contributed by atoms with Gasteiger partial charge in [0.1, 0.15) is 4.90 Å². The van der Waals surface area contributed by atoms with Crippen molar-refractivity contribution in [2.75, 3.05) is 13.1 Å². The van der Waals surface area contributed by atoms with E-state index in [1.54, 1.807) is 0 Å². The van der Waals surface area contributed by atoms with Gasteiger partial charge in [0.15, 0.2) is 6.20 Å². The molecule has 1 saturated heterocycles. The molecule has 0 unspecified atom stereocenters. The molecule has 1 aliphatic rings. The van der Waals surface area contributed by atoms with Gasteiger partial charge >= 0.3 is 5.82 Å². The van der Waals surface area contributed by atoms with E-state index in [0.717, 1.165) is 12.3 Å². The minimum Gasteiger partial charge on any atom is -0.358 e. The molecule has 98 valence electrons. The van der Waals surface area contributed by atoms with Crippen LogP contribution in [0.15, 0.2) is 23.2 Å². The highest BCUT2D eigenvalue weighted by atomic mass is 32.2. The zero-order valence-electron chi connectivity index (χ0n) is 9.39. The van der Waals surface area contributed by atoms with Gasteiger partial charge < -0.3 is 15.8 Å². The number of hydrogen-bond acceptors (Lipinski definition) is 6. The molecule has 8 nitrogen and oxygen atoms in total. The first kappa shape index (κ1) is 12.9. The molecule has 1 aromatic heterocycles. The lowest BCUT2D eigenvalue weighted by Gasteiger charge is -2.14. The SMILES string of the molecule is N[C@@H]1CCN(S(=O)(=O)c2ccc([N+](=O)[O-])nc2)C1. The van der Waals surface area contributed by atoms with E-state index in [2.05, 4.69) is 4.98 Å². The molecule has 1 aromatic rings. The maximum atomic E-state index is 12.1. The quantitative estimate of drug-likeness (QED) is 0.596. The molecular weight excluding hydrogens is 260 g/mol. The second kappa shape index (κ2) is 4.59. The van der Waals surface area contributed by atoms with Crippen molar-refractivity contribution in [1.82, 2.24) is 9.29 Å². The molecule has 0 bridgehead atoms. The predicted octanol–water partition coefficient (Wildman–Crippen LogP) is -0.289. The van der Waals surface area contributed by atoms with Crippen LogP contribution in [-0.4, -0.2) is 41.8 Å². The molecule has 0 radical (unpaired) electrons. The van der Waals surface area contributed by atoms with Crippen molar-refractivity contribution >= 4 is 15.8 Å². The van der Waals surface area contributed by atoms with Gasteiger partial charge in [0.05, 0.1) is 0 Å². The standard InChI is InChI=1S/C9H12N4O4S/c10-7-3-4-12(6-7)18(16,17)8-1-2-9(11-5-8)13(14)15/h1-2,5,7H,3-4,6,10H2/t7-/m1/s1. The fourth-order valence-electron chi connectivity index (χ4n) is 1.75. The second-order valence-electron chi connectivity index (χ2n) is 4.02. The third kappa shape index (κ3) is 2.33. The highest BCUT2D eigenvalue weighted by Gasteiger charge is 2.32. The first-order valence-corrected chi connectivity index (χ1v) is 6.71. The van der Waals surface area contributed by atoms with Crippen LogP contribution in [0.1, 0.15) is 6.42 Å². The minimum absolute atomic E-state index is 0.0535. The summed E-state index contributed by atoms with van der Waals surface area (Å²) in [5, 5.41) is 10.4. The summed E-state index contributed by atoms with van der Waals surface area (Å²) in [4.78, 5) is 13.2. The van der Waals surface area contributed by atoms with Gasteiger partial charge in [0, 0.05) is 25.2 Å². The first-order chi connectivity index (χ1) is 8.41. The molecule has 2 N–H and O–H groups in total. The zero-order valence-corrected chi connectivity index (χ0v) is 10.2. The van der Waals surface area contributed by atoms with E-state index in [4.69, 9.17) is 5.73 Å². The van der Waals surface area contributed by atoms with Gasteiger partial charge in [-0.15, -0.1) is 0 Å². The molecule has 1 aliphatic heterocycles. The van der Waals surface area contributed by atoms with E-state index >= 15 is 0 Å². The summed E-state index contributed by atoms with van der Waals surface area (Å²) in [5.41, 5.74) is 5.65. The smallest absolute Gasteiger partial charge is 0.358 e. The Kier molecular flexibility index (Phi) is 3.28. The van der Waals surface area contributed by atoms with E-state index in [1.807, 2.05) is 0 Å². The van der Waals surface area contributed by atoms with Crippen molar-refractivity contribution in [3.8, 4) is 0 Å². The maximum Gasteiger partial charge on any atom is 0.363 e. The topological polar surface area (TPSA) is 119 Å². The molecule has 1 fully saturated rings. The van der Waals surface area contributed by atoms with Crippen LogP contribution in [0.2, 0.25) is 0 Å². The summed E-state index contributed by atoms with van der Waals surface area (Å²) in [7, 11) is -3.65. The number of hydrogen-bond donors (Lipinski definition) is 1. The number of pyridine rings is 1. The van der Waals surface area contributed by atoms with Crippen LogP contribution >= 0.6 is 0 Å². The maximum absolute atomic E-state index is 12.1. The van der Waals surface area contributed by atoms with E-state index in [9.17, 15) is 18.5 Å². The van der Waals surface area contributed by atoms with E-state index in [1.165, 1.54) is 10.4 Å². The highest BCUT2D eigenvalue weighted by molar-refractivity contribution is 7.89. The highest BCUT2D eigenvalue weighted by Crippen LogP contribution is 2.20. The first-order valence-electron chi connectivity index (χ1n) is 5.27. The van der Waals surface area contributed by atoms with Crippen molar-refractivity contribution in [2.45, 2.75) is 17.4 Å². The molecule has 18 heavy (non-hydrogen) atoms. The van der Waals surface area contributed by atoms with Crippen molar-refractivity contribution < 1.29 is 13.3 Å². The molecule has 2 rings (SSSR count).